The van der Waals surface area contributed by atoms with E-state index in [9.17, 15) is 10.2 Å². The molecule has 0 bridgehead atoms. The lowest BCUT2D eigenvalue weighted by Gasteiger charge is -2.18. The second kappa shape index (κ2) is 31.3. The number of benzene rings is 2. The van der Waals surface area contributed by atoms with Gasteiger partial charge in [0.05, 0.1) is 0 Å². The summed E-state index contributed by atoms with van der Waals surface area (Å²) < 4.78 is 0. The third kappa shape index (κ3) is 21.0. The molecule has 0 heterocycles. The SMILES string of the molecule is CCCCCCCC/C=C\CCCCCCCCc1ccc(O)c(-c2ccccc2O)c1CCCCCCCC/C=C\CCCCCCCC. The van der Waals surface area contributed by atoms with Crippen LogP contribution in [0.3, 0.4) is 0 Å². The van der Waals surface area contributed by atoms with E-state index in [0.29, 0.717) is 0 Å². The smallest absolute Gasteiger partial charge is 0.123 e. The number of hydrogen-bond donors (Lipinski definition) is 2. The van der Waals surface area contributed by atoms with E-state index in [1.165, 1.54) is 184 Å². The first-order valence-electron chi connectivity index (χ1n) is 21.6. The van der Waals surface area contributed by atoms with Crippen molar-refractivity contribution in [1.29, 1.82) is 0 Å². The molecule has 0 atom stereocenters. The van der Waals surface area contributed by atoms with E-state index in [1.54, 1.807) is 6.07 Å². The minimum Gasteiger partial charge on any atom is -0.507 e. The zero-order valence-corrected chi connectivity index (χ0v) is 32.9. The van der Waals surface area contributed by atoms with Gasteiger partial charge in [-0.1, -0.05) is 178 Å². The lowest BCUT2D eigenvalue weighted by molar-refractivity contribution is 0.468. The minimum absolute atomic E-state index is 0.250. The maximum atomic E-state index is 11.0. The fourth-order valence-electron chi connectivity index (χ4n) is 7.30. The summed E-state index contributed by atoms with van der Waals surface area (Å²) in [4.78, 5) is 0. The molecule has 2 rings (SSSR count). The first kappa shape index (κ1) is 43.7. The Kier molecular flexibility index (Phi) is 27.3. The number of rotatable bonds is 33. The summed E-state index contributed by atoms with van der Waals surface area (Å²) in [5.74, 6) is 0.537. The van der Waals surface area contributed by atoms with Gasteiger partial charge in [0.15, 0.2) is 0 Å². The fraction of sp³-hybridized carbons (Fsp3) is 0.667. The maximum absolute atomic E-state index is 11.0. The molecule has 0 amide bonds. The first-order valence-corrected chi connectivity index (χ1v) is 21.6. The van der Waals surface area contributed by atoms with Gasteiger partial charge < -0.3 is 10.2 Å². The highest BCUT2D eigenvalue weighted by Crippen LogP contribution is 2.40. The molecule has 50 heavy (non-hydrogen) atoms. The zero-order valence-electron chi connectivity index (χ0n) is 32.9. The van der Waals surface area contributed by atoms with Gasteiger partial charge in [-0.25, -0.2) is 0 Å². The minimum atomic E-state index is 0.250. The summed E-state index contributed by atoms with van der Waals surface area (Å²) in [5, 5.41) is 21.7. The molecule has 0 unspecified atom stereocenters. The van der Waals surface area contributed by atoms with Crippen LogP contribution < -0.4 is 0 Å². The molecule has 0 aromatic heterocycles. The molecule has 0 fully saturated rings. The van der Waals surface area contributed by atoms with Crippen LogP contribution in [0.5, 0.6) is 11.5 Å². The molecule has 0 saturated heterocycles. The van der Waals surface area contributed by atoms with Crippen LogP contribution in [0.2, 0.25) is 0 Å². The molecule has 0 saturated carbocycles. The Morgan fingerprint density at radius 1 is 0.400 bits per heavy atom. The summed E-state index contributed by atoms with van der Waals surface area (Å²) >= 11 is 0. The third-order valence-electron chi connectivity index (χ3n) is 10.5. The van der Waals surface area contributed by atoms with Gasteiger partial charge in [0.1, 0.15) is 11.5 Å². The predicted molar refractivity (Wildman–Crippen MR) is 222 cm³/mol. The summed E-state index contributed by atoms with van der Waals surface area (Å²) in [5.41, 5.74) is 4.20. The van der Waals surface area contributed by atoms with Gasteiger partial charge in [0.25, 0.3) is 0 Å². The van der Waals surface area contributed by atoms with Crippen molar-refractivity contribution in [2.24, 2.45) is 0 Å². The van der Waals surface area contributed by atoms with Gasteiger partial charge in [0.2, 0.25) is 0 Å². The van der Waals surface area contributed by atoms with Crippen LogP contribution in [0.1, 0.15) is 205 Å². The molecular formula is C48H78O2. The van der Waals surface area contributed by atoms with Gasteiger partial charge in [0, 0.05) is 11.1 Å². The summed E-state index contributed by atoms with van der Waals surface area (Å²) in [6.07, 6.45) is 48.5. The molecular weight excluding hydrogens is 609 g/mol. The summed E-state index contributed by atoms with van der Waals surface area (Å²) in [6, 6.07) is 11.5. The highest BCUT2D eigenvalue weighted by Gasteiger charge is 2.17. The number of aromatic hydroxyl groups is 2. The molecule has 2 nitrogen and oxygen atoms in total. The van der Waals surface area contributed by atoms with E-state index in [2.05, 4.69) is 44.2 Å². The highest BCUT2D eigenvalue weighted by atomic mass is 16.3. The number of allylic oxidation sites excluding steroid dienone is 4. The maximum Gasteiger partial charge on any atom is 0.123 e. The lowest BCUT2D eigenvalue weighted by Crippen LogP contribution is -2.00. The molecule has 2 heteroatoms. The monoisotopic (exact) mass is 687 g/mol. The lowest BCUT2D eigenvalue weighted by atomic mass is 9.88. The molecule has 0 spiro atoms. The molecule has 0 aliphatic heterocycles. The molecule has 0 aliphatic rings. The van der Waals surface area contributed by atoms with Crippen molar-refractivity contribution in [3.8, 4) is 22.6 Å². The summed E-state index contributed by atoms with van der Waals surface area (Å²) in [7, 11) is 0. The Hall–Kier alpha value is -2.48. The van der Waals surface area contributed by atoms with Crippen molar-refractivity contribution in [2.45, 2.75) is 206 Å². The number of para-hydroxylation sites is 1. The Morgan fingerprint density at radius 2 is 0.800 bits per heavy atom. The van der Waals surface area contributed by atoms with Crippen molar-refractivity contribution < 1.29 is 10.2 Å². The van der Waals surface area contributed by atoms with E-state index >= 15 is 0 Å². The van der Waals surface area contributed by atoms with Crippen LogP contribution in [0.4, 0.5) is 0 Å². The number of unbranched alkanes of at least 4 members (excludes halogenated alkanes) is 24. The predicted octanol–water partition coefficient (Wildman–Crippen LogP) is 15.9. The second-order valence-corrected chi connectivity index (χ2v) is 15.0. The number of phenols is 2. The molecule has 0 aliphatic carbocycles. The van der Waals surface area contributed by atoms with E-state index in [0.717, 1.165) is 30.4 Å². The zero-order chi connectivity index (χ0) is 35.7. The van der Waals surface area contributed by atoms with E-state index in [4.69, 9.17) is 0 Å². The molecule has 282 valence electrons. The Morgan fingerprint density at radius 3 is 1.26 bits per heavy atom. The van der Waals surface area contributed by atoms with Gasteiger partial charge in [-0.3, -0.25) is 0 Å². The Balaban J connectivity index is 1.69. The van der Waals surface area contributed by atoms with Crippen LogP contribution in [0.15, 0.2) is 60.7 Å². The largest absolute Gasteiger partial charge is 0.507 e. The average Bonchev–Trinajstić information content (AvgIpc) is 3.12. The third-order valence-corrected chi connectivity index (χ3v) is 10.5. The molecule has 2 aromatic rings. The summed E-state index contributed by atoms with van der Waals surface area (Å²) in [6.45, 7) is 4.57. The normalized spacial score (nSPS) is 11.8. The Labute approximate surface area is 310 Å². The van der Waals surface area contributed by atoms with Crippen LogP contribution in [-0.4, -0.2) is 10.2 Å². The van der Waals surface area contributed by atoms with Crippen LogP contribution in [0, 0.1) is 0 Å². The molecule has 2 N–H and O–H groups in total. The van der Waals surface area contributed by atoms with E-state index in [1.807, 2.05) is 24.3 Å². The Bertz CT molecular complexity index is 1130. The van der Waals surface area contributed by atoms with Gasteiger partial charge in [-0.15, -0.1) is 0 Å². The van der Waals surface area contributed by atoms with Crippen molar-refractivity contribution in [2.75, 3.05) is 0 Å². The van der Waals surface area contributed by atoms with Crippen molar-refractivity contribution in [3.63, 3.8) is 0 Å². The first-order chi connectivity index (χ1) is 24.7. The van der Waals surface area contributed by atoms with Crippen LogP contribution >= 0.6 is 0 Å². The van der Waals surface area contributed by atoms with E-state index in [-0.39, 0.29) is 11.5 Å². The molecule has 2 aromatic carbocycles. The van der Waals surface area contributed by atoms with Gasteiger partial charge >= 0.3 is 0 Å². The quantitative estimate of drug-likeness (QED) is 0.0579. The van der Waals surface area contributed by atoms with Crippen molar-refractivity contribution in [3.05, 3.63) is 71.8 Å². The van der Waals surface area contributed by atoms with Crippen LogP contribution in [-0.2, 0) is 12.8 Å². The van der Waals surface area contributed by atoms with Gasteiger partial charge in [-0.05, 0) is 100 Å². The fourth-order valence-corrected chi connectivity index (χ4v) is 7.30. The molecule has 0 radical (unpaired) electrons. The number of phenolic OH excluding ortho intramolecular Hbond substituents is 2. The number of hydrogen-bond acceptors (Lipinski definition) is 2. The van der Waals surface area contributed by atoms with Crippen molar-refractivity contribution in [1.82, 2.24) is 0 Å². The van der Waals surface area contributed by atoms with Gasteiger partial charge in [-0.2, -0.15) is 0 Å². The van der Waals surface area contributed by atoms with E-state index < -0.39 is 0 Å². The topological polar surface area (TPSA) is 40.5 Å². The highest BCUT2D eigenvalue weighted by molar-refractivity contribution is 5.79. The van der Waals surface area contributed by atoms with Crippen LogP contribution in [0.25, 0.3) is 11.1 Å². The van der Waals surface area contributed by atoms with Crippen molar-refractivity contribution >= 4 is 0 Å². The standard InChI is InChI=1S/C48H78O2/c1-3-5-7-9-11-13-15-17-19-21-23-25-27-29-31-33-37-43-41-42-47(50)48(45-39-35-36-40-46(45)49)44(43)38-34-32-30-28-26-24-22-20-18-16-14-12-10-8-6-4-2/h17-20,35-36,39-42,49-50H,3-16,21-34,37-38H2,1-2H3/b19-17-,20-18-. The second-order valence-electron chi connectivity index (χ2n) is 15.0. The number of aryl methyl sites for hydroxylation is 1. The average molecular weight is 687 g/mol.